The number of carbonyl (C=O) groups excluding carboxylic acids is 1. The molecule has 1 heterocycles. The van der Waals surface area contributed by atoms with E-state index in [0.29, 0.717) is 23.4 Å². The van der Waals surface area contributed by atoms with Crippen LogP contribution in [0.5, 0.6) is 0 Å². The van der Waals surface area contributed by atoms with Crippen LogP contribution < -0.4 is 10.5 Å². The van der Waals surface area contributed by atoms with Crippen LogP contribution in [0.4, 0.5) is 5.69 Å². The van der Waals surface area contributed by atoms with Gasteiger partial charge in [0.05, 0.1) is 16.7 Å². The minimum absolute atomic E-state index is 0.0497. The average molecular weight is 308 g/mol. The van der Waals surface area contributed by atoms with Crippen LogP contribution in [0.15, 0.2) is 39.8 Å². The van der Waals surface area contributed by atoms with Gasteiger partial charge < -0.3 is 9.73 Å². The second kappa shape index (κ2) is 5.71. The summed E-state index contributed by atoms with van der Waals surface area (Å²) >= 11 is 0. The molecule has 0 aliphatic carbocycles. The van der Waals surface area contributed by atoms with Gasteiger partial charge in [0.25, 0.3) is 5.91 Å². The predicted molar refractivity (Wildman–Crippen MR) is 78.6 cm³/mol. The average Bonchev–Trinajstić information content (AvgIpc) is 2.88. The molecule has 3 N–H and O–H groups in total. The van der Waals surface area contributed by atoms with Crippen molar-refractivity contribution in [2.45, 2.75) is 25.2 Å². The van der Waals surface area contributed by atoms with Gasteiger partial charge in [0, 0.05) is 12.1 Å². The summed E-state index contributed by atoms with van der Waals surface area (Å²) in [5.74, 6) is 0.225. The lowest BCUT2D eigenvalue weighted by Crippen LogP contribution is -2.16. The summed E-state index contributed by atoms with van der Waals surface area (Å²) in [6.45, 7) is 3.64. The van der Waals surface area contributed by atoms with E-state index in [9.17, 15) is 13.2 Å². The molecule has 2 rings (SSSR count). The number of nitrogens with two attached hydrogens (primary N) is 1. The molecule has 7 heteroatoms. The summed E-state index contributed by atoms with van der Waals surface area (Å²) in [6, 6.07) is 5.91. The van der Waals surface area contributed by atoms with E-state index < -0.39 is 10.0 Å². The lowest BCUT2D eigenvalue weighted by atomic mass is 10.1. The molecule has 112 valence electrons. The van der Waals surface area contributed by atoms with Gasteiger partial charge in [0.2, 0.25) is 10.0 Å². The van der Waals surface area contributed by atoms with Gasteiger partial charge in [-0.2, -0.15) is 0 Å². The lowest BCUT2D eigenvalue weighted by Gasteiger charge is -2.10. The van der Waals surface area contributed by atoms with Crippen molar-refractivity contribution in [3.63, 3.8) is 0 Å². The Morgan fingerprint density at radius 2 is 2.05 bits per heavy atom. The van der Waals surface area contributed by atoms with Gasteiger partial charge in [-0.05, 0) is 30.7 Å². The summed E-state index contributed by atoms with van der Waals surface area (Å²) in [4.78, 5) is 12.2. The maximum Gasteiger partial charge on any atom is 0.259 e. The highest BCUT2D eigenvalue weighted by Crippen LogP contribution is 2.21. The number of hydrogen-bond acceptors (Lipinski definition) is 4. The van der Waals surface area contributed by atoms with Crippen LogP contribution >= 0.6 is 0 Å². The Bertz CT molecular complexity index is 778. The maximum absolute atomic E-state index is 12.2. The summed E-state index contributed by atoms with van der Waals surface area (Å²) in [5.41, 5.74) is 1.56. The molecule has 0 aliphatic heterocycles. The monoisotopic (exact) mass is 308 g/mol. The number of nitrogens with one attached hydrogen (secondary N) is 1. The van der Waals surface area contributed by atoms with Crippen LogP contribution in [0.25, 0.3) is 0 Å². The van der Waals surface area contributed by atoms with Gasteiger partial charge in [-0.3, -0.25) is 4.79 Å². The lowest BCUT2D eigenvalue weighted by molar-refractivity contribution is 0.102. The van der Waals surface area contributed by atoms with E-state index in [1.54, 1.807) is 19.1 Å². The molecule has 0 radical (unpaired) electrons. The fraction of sp³-hybridized carbons (Fsp3) is 0.214. The zero-order valence-corrected chi connectivity index (χ0v) is 12.5. The summed E-state index contributed by atoms with van der Waals surface area (Å²) in [6.07, 6.45) is 2.04. The van der Waals surface area contributed by atoms with E-state index in [1.165, 1.54) is 18.4 Å². The molecular formula is C14H16N2O4S. The first-order chi connectivity index (χ1) is 9.82. The number of carbonyl (C=O) groups is 1. The largest absolute Gasteiger partial charge is 0.469 e. The van der Waals surface area contributed by atoms with E-state index in [1.807, 2.05) is 6.92 Å². The minimum atomic E-state index is -3.81. The molecule has 6 nitrogen and oxygen atoms in total. The van der Waals surface area contributed by atoms with E-state index >= 15 is 0 Å². The molecule has 0 bridgehead atoms. The molecular weight excluding hydrogens is 292 g/mol. The third-order valence-electron chi connectivity index (χ3n) is 3.10. The summed E-state index contributed by atoms with van der Waals surface area (Å²) in [7, 11) is -3.81. The maximum atomic E-state index is 12.2. The summed E-state index contributed by atoms with van der Waals surface area (Å²) in [5, 5.41) is 7.77. The van der Waals surface area contributed by atoms with Crippen molar-refractivity contribution in [2.24, 2.45) is 5.14 Å². The molecule has 21 heavy (non-hydrogen) atoms. The van der Waals surface area contributed by atoms with Gasteiger partial charge in [0.15, 0.2) is 0 Å². The van der Waals surface area contributed by atoms with Crippen LogP contribution in [0.1, 0.15) is 28.6 Å². The molecule has 0 unspecified atom stereocenters. The Hall–Kier alpha value is -2.12. The quantitative estimate of drug-likeness (QED) is 0.902. The van der Waals surface area contributed by atoms with Crippen LogP contribution in [-0.4, -0.2) is 14.3 Å². The molecule has 0 aliphatic rings. The summed E-state index contributed by atoms with van der Waals surface area (Å²) < 4.78 is 27.9. The third kappa shape index (κ3) is 3.32. The van der Waals surface area contributed by atoms with Crippen molar-refractivity contribution < 1.29 is 17.6 Å². The molecule has 0 fully saturated rings. The van der Waals surface area contributed by atoms with Crippen LogP contribution in [0.3, 0.4) is 0 Å². The Balaban J connectivity index is 2.33. The Morgan fingerprint density at radius 1 is 1.33 bits per heavy atom. The van der Waals surface area contributed by atoms with Gasteiger partial charge in [-0.15, -0.1) is 0 Å². The Kier molecular flexibility index (Phi) is 4.15. The smallest absolute Gasteiger partial charge is 0.259 e. The number of aryl methyl sites for hydroxylation is 2. The Labute approximate surface area is 123 Å². The number of sulfonamides is 1. The minimum Gasteiger partial charge on any atom is -0.469 e. The van der Waals surface area contributed by atoms with Gasteiger partial charge in [-0.25, -0.2) is 13.6 Å². The molecule has 0 spiro atoms. The SMILES string of the molecule is CCc1occc1C(=O)Nc1cc(S(N)(=O)=O)ccc1C. The number of benzene rings is 1. The number of furan rings is 1. The van der Waals surface area contributed by atoms with Crippen LogP contribution in [0, 0.1) is 6.92 Å². The topological polar surface area (TPSA) is 102 Å². The molecule has 2 aromatic rings. The van der Waals surface area contributed by atoms with Crippen molar-refractivity contribution in [2.75, 3.05) is 5.32 Å². The fourth-order valence-electron chi connectivity index (χ4n) is 1.92. The normalized spacial score (nSPS) is 11.4. The molecule has 1 aromatic heterocycles. The van der Waals surface area contributed by atoms with Gasteiger partial charge in [-0.1, -0.05) is 13.0 Å². The van der Waals surface area contributed by atoms with Crippen molar-refractivity contribution >= 4 is 21.6 Å². The van der Waals surface area contributed by atoms with Crippen LogP contribution in [0.2, 0.25) is 0 Å². The zero-order chi connectivity index (χ0) is 15.6. The number of anilines is 1. The number of rotatable bonds is 4. The number of hydrogen-bond donors (Lipinski definition) is 2. The molecule has 1 amide bonds. The van der Waals surface area contributed by atoms with Gasteiger partial charge in [0.1, 0.15) is 5.76 Å². The highest BCUT2D eigenvalue weighted by atomic mass is 32.2. The fourth-order valence-corrected chi connectivity index (χ4v) is 2.46. The highest BCUT2D eigenvalue weighted by molar-refractivity contribution is 7.89. The number of amides is 1. The zero-order valence-electron chi connectivity index (χ0n) is 11.7. The molecule has 0 saturated carbocycles. The van der Waals surface area contributed by atoms with Crippen molar-refractivity contribution in [1.29, 1.82) is 0 Å². The first-order valence-electron chi connectivity index (χ1n) is 6.34. The second-order valence-electron chi connectivity index (χ2n) is 4.59. The van der Waals surface area contributed by atoms with E-state index in [0.717, 1.165) is 5.56 Å². The first kappa shape index (κ1) is 15.3. The van der Waals surface area contributed by atoms with Crippen molar-refractivity contribution in [3.05, 3.63) is 47.4 Å². The first-order valence-corrected chi connectivity index (χ1v) is 7.88. The third-order valence-corrected chi connectivity index (χ3v) is 4.01. The van der Waals surface area contributed by atoms with E-state index in [-0.39, 0.29) is 10.8 Å². The molecule has 0 saturated heterocycles. The van der Waals surface area contributed by atoms with E-state index in [2.05, 4.69) is 5.32 Å². The van der Waals surface area contributed by atoms with Crippen molar-refractivity contribution in [1.82, 2.24) is 0 Å². The number of primary sulfonamides is 1. The van der Waals surface area contributed by atoms with Gasteiger partial charge >= 0.3 is 0 Å². The molecule has 0 atom stereocenters. The highest BCUT2D eigenvalue weighted by Gasteiger charge is 2.16. The molecule has 1 aromatic carbocycles. The van der Waals surface area contributed by atoms with Crippen LogP contribution in [-0.2, 0) is 16.4 Å². The second-order valence-corrected chi connectivity index (χ2v) is 6.15. The van der Waals surface area contributed by atoms with E-state index in [4.69, 9.17) is 9.56 Å². The predicted octanol–water partition coefficient (Wildman–Crippen LogP) is 2.05. The Morgan fingerprint density at radius 3 is 2.67 bits per heavy atom. The van der Waals surface area contributed by atoms with Crippen molar-refractivity contribution in [3.8, 4) is 0 Å². The standard InChI is InChI=1S/C14H16N2O4S/c1-3-13-11(6-7-20-13)14(17)16-12-8-10(21(15,18)19)5-4-9(12)2/h4-8H,3H2,1-2H3,(H,16,17)(H2,15,18,19).